The molecule has 0 atom stereocenters. The Hall–Kier alpha value is -2.54. The fourth-order valence-corrected chi connectivity index (χ4v) is 2.12. The zero-order valence-electron chi connectivity index (χ0n) is 10.7. The minimum absolute atomic E-state index is 0.0367. The van der Waals surface area contributed by atoms with E-state index in [0.29, 0.717) is 16.1 Å². The molecule has 0 bridgehead atoms. The third-order valence-corrected chi connectivity index (χ3v) is 3.30. The number of benzene rings is 1. The predicted octanol–water partition coefficient (Wildman–Crippen LogP) is 3.15. The van der Waals surface area contributed by atoms with Gasteiger partial charge in [0.15, 0.2) is 0 Å². The predicted molar refractivity (Wildman–Crippen MR) is 79.6 cm³/mol. The lowest BCUT2D eigenvalue weighted by Crippen LogP contribution is -2.13. The van der Waals surface area contributed by atoms with E-state index in [0.717, 1.165) is 5.56 Å². The van der Waals surface area contributed by atoms with Gasteiger partial charge in [-0.2, -0.15) is 0 Å². The normalized spacial score (nSPS) is 10.3. The summed E-state index contributed by atoms with van der Waals surface area (Å²) in [5, 5.41) is 10.2. The molecule has 0 radical (unpaired) electrons. The first-order chi connectivity index (χ1) is 10.2. The lowest BCUT2D eigenvalue weighted by Gasteiger charge is -2.01. The molecule has 1 N–H and O–H groups in total. The van der Waals surface area contributed by atoms with Crippen LogP contribution < -0.4 is 5.32 Å². The Balaban J connectivity index is 1.79. The van der Waals surface area contributed by atoms with E-state index >= 15 is 0 Å². The second kappa shape index (κ2) is 5.84. The Labute approximate surface area is 128 Å². The van der Waals surface area contributed by atoms with E-state index in [4.69, 9.17) is 4.42 Å². The Bertz CT molecular complexity index is 773. The number of hydrogen-bond donors (Lipinski definition) is 1. The molecule has 21 heavy (non-hydrogen) atoms. The molecular formula is C14H9BrN4O2. The summed E-state index contributed by atoms with van der Waals surface area (Å²) in [4.78, 5) is 16.1. The SMILES string of the molecule is O=C(Nc1nnc(-c2ccccc2)o1)c1cccnc1Br. The fourth-order valence-electron chi connectivity index (χ4n) is 1.69. The number of nitrogens with one attached hydrogen (secondary N) is 1. The molecule has 0 aliphatic carbocycles. The quantitative estimate of drug-likeness (QED) is 0.738. The number of carbonyl (C=O) groups is 1. The van der Waals surface area contributed by atoms with Gasteiger partial charge in [-0.05, 0) is 40.2 Å². The van der Waals surface area contributed by atoms with E-state index in [-0.39, 0.29) is 11.9 Å². The smallest absolute Gasteiger partial charge is 0.322 e. The van der Waals surface area contributed by atoms with Crippen molar-refractivity contribution in [2.45, 2.75) is 0 Å². The highest BCUT2D eigenvalue weighted by Crippen LogP contribution is 2.20. The van der Waals surface area contributed by atoms with Gasteiger partial charge < -0.3 is 4.42 Å². The summed E-state index contributed by atoms with van der Waals surface area (Å²) in [5.41, 5.74) is 1.17. The van der Waals surface area contributed by atoms with Crippen molar-refractivity contribution in [3.63, 3.8) is 0 Å². The standard InChI is InChI=1S/C14H9BrN4O2/c15-11-10(7-4-8-16-11)12(20)17-14-19-18-13(21-14)9-5-2-1-3-6-9/h1-8H,(H,17,19,20). The third-order valence-electron chi connectivity index (χ3n) is 2.67. The highest BCUT2D eigenvalue weighted by molar-refractivity contribution is 9.10. The highest BCUT2D eigenvalue weighted by atomic mass is 79.9. The van der Waals surface area contributed by atoms with Crippen molar-refractivity contribution in [2.75, 3.05) is 5.32 Å². The highest BCUT2D eigenvalue weighted by Gasteiger charge is 2.14. The number of nitrogens with zero attached hydrogens (tertiary/aromatic N) is 3. The number of aromatic nitrogens is 3. The number of hydrogen-bond acceptors (Lipinski definition) is 5. The molecule has 2 aromatic heterocycles. The van der Waals surface area contributed by atoms with Gasteiger partial charge in [0.25, 0.3) is 5.91 Å². The van der Waals surface area contributed by atoms with E-state index in [1.54, 1.807) is 18.3 Å². The van der Waals surface area contributed by atoms with E-state index in [2.05, 4.69) is 36.4 Å². The van der Waals surface area contributed by atoms with Gasteiger partial charge in [0.2, 0.25) is 5.89 Å². The number of rotatable bonds is 3. The Morgan fingerprint density at radius 2 is 1.90 bits per heavy atom. The maximum Gasteiger partial charge on any atom is 0.322 e. The van der Waals surface area contributed by atoms with Crippen LogP contribution in [0.25, 0.3) is 11.5 Å². The first-order valence-electron chi connectivity index (χ1n) is 6.05. The molecule has 2 heterocycles. The van der Waals surface area contributed by atoms with Crippen LogP contribution in [-0.2, 0) is 0 Å². The Morgan fingerprint density at radius 3 is 2.67 bits per heavy atom. The van der Waals surface area contributed by atoms with Crippen molar-refractivity contribution >= 4 is 27.9 Å². The van der Waals surface area contributed by atoms with Crippen LogP contribution in [0, 0.1) is 0 Å². The molecule has 1 amide bonds. The minimum atomic E-state index is -0.377. The lowest BCUT2D eigenvalue weighted by molar-refractivity contribution is 0.102. The summed E-state index contributed by atoms with van der Waals surface area (Å²) in [6.45, 7) is 0. The van der Waals surface area contributed by atoms with E-state index < -0.39 is 0 Å². The van der Waals surface area contributed by atoms with E-state index in [9.17, 15) is 4.79 Å². The summed E-state index contributed by atoms with van der Waals surface area (Å²) >= 11 is 3.21. The zero-order valence-corrected chi connectivity index (χ0v) is 12.2. The zero-order chi connectivity index (χ0) is 14.7. The van der Waals surface area contributed by atoms with Crippen molar-refractivity contribution in [1.82, 2.24) is 15.2 Å². The number of anilines is 1. The van der Waals surface area contributed by atoms with E-state index in [1.807, 2.05) is 30.3 Å². The molecule has 0 aliphatic rings. The van der Waals surface area contributed by atoms with E-state index in [1.165, 1.54) is 0 Å². The Morgan fingerprint density at radius 1 is 1.10 bits per heavy atom. The van der Waals surface area contributed by atoms with Crippen LogP contribution in [-0.4, -0.2) is 21.1 Å². The third kappa shape index (κ3) is 2.97. The van der Waals surface area contributed by atoms with Crippen molar-refractivity contribution in [3.05, 3.63) is 58.8 Å². The molecule has 6 nitrogen and oxygen atoms in total. The summed E-state index contributed by atoms with van der Waals surface area (Å²) in [5.74, 6) is -0.0330. The number of pyridine rings is 1. The summed E-state index contributed by atoms with van der Waals surface area (Å²) < 4.78 is 5.86. The Kier molecular flexibility index (Phi) is 3.74. The van der Waals surface area contributed by atoms with Crippen molar-refractivity contribution < 1.29 is 9.21 Å². The molecule has 3 rings (SSSR count). The van der Waals surface area contributed by atoms with Crippen LogP contribution in [0.15, 0.2) is 57.7 Å². The second-order valence-corrected chi connectivity index (χ2v) is 4.83. The van der Waals surface area contributed by atoms with Gasteiger partial charge in [0, 0.05) is 11.8 Å². The number of carbonyl (C=O) groups excluding carboxylic acids is 1. The molecule has 0 spiro atoms. The van der Waals surface area contributed by atoms with Gasteiger partial charge >= 0.3 is 6.01 Å². The molecule has 3 aromatic rings. The maximum atomic E-state index is 12.1. The van der Waals surface area contributed by atoms with Gasteiger partial charge in [-0.15, -0.1) is 5.10 Å². The molecule has 0 aliphatic heterocycles. The monoisotopic (exact) mass is 344 g/mol. The molecule has 0 fully saturated rings. The van der Waals surface area contributed by atoms with Crippen molar-refractivity contribution in [2.24, 2.45) is 0 Å². The van der Waals surface area contributed by atoms with Crippen LogP contribution in [0.3, 0.4) is 0 Å². The van der Waals surface area contributed by atoms with Crippen LogP contribution in [0.1, 0.15) is 10.4 Å². The molecular weight excluding hydrogens is 336 g/mol. The van der Waals surface area contributed by atoms with Crippen LogP contribution >= 0.6 is 15.9 Å². The lowest BCUT2D eigenvalue weighted by atomic mass is 10.2. The molecule has 0 saturated carbocycles. The molecule has 7 heteroatoms. The van der Waals surface area contributed by atoms with Gasteiger partial charge in [-0.25, -0.2) is 4.98 Å². The molecule has 104 valence electrons. The first kappa shape index (κ1) is 13.4. The average Bonchev–Trinajstić information content (AvgIpc) is 2.97. The summed E-state index contributed by atoms with van der Waals surface area (Å²) in [7, 11) is 0. The number of amides is 1. The van der Waals surface area contributed by atoms with Crippen molar-refractivity contribution in [3.8, 4) is 11.5 Å². The molecule has 1 aromatic carbocycles. The fraction of sp³-hybridized carbons (Fsp3) is 0. The van der Waals surface area contributed by atoms with Gasteiger partial charge in [0.1, 0.15) is 4.60 Å². The maximum absolute atomic E-state index is 12.1. The van der Waals surface area contributed by atoms with Crippen LogP contribution in [0.4, 0.5) is 6.01 Å². The minimum Gasteiger partial charge on any atom is -0.403 e. The van der Waals surface area contributed by atoms with Gasteiger partial charge in [-0.3, -0.25) is 10.1 Å². The topological polar surface area (TPSA) is 80.9 Å². The van der Waals surface area contributed by atoms with Crippen LogP contribution in [0.2, 0.25) is 0 Å². The molecule has 0 saturated heterocycles. The largest absolute Gasteiger partial charge is 0.403 e. The molecule has 0 unspecified atom stereocenters. The average molecular weight is 345 g/mol. The van der Waals surface area contributed by atoms with Gasteiger partial charge in [-0.1, -0.05) is 23.3 Å². The number of halogens is 1. The van der Waals surface area contributed by atoms with Crippen LogP contribution in [0.5, 0.6) is 0 Å². The summed E-state index contributed by atoms with van der Waals surface area (Å²) in [6, 6.07) is 12.7. The summed E-state index contributed by atoms with van der Waals surface area (Å²) in [6.07, 6.45) is 1.58. The second-order valence-electron chi connectivity index (χ2n) is 4.07. The van der Waals surface area contributed by atoms with Crippen molar-refractivity contribution in [1.29, 1.82) is 0 Å². The first-order valence-corrected chi connectivity index (χ1v) is 6.84. The van der Waals surface area contributed by atoms with Gasteiger partial charge in [0.05, 0.1) is 5.56 Å².